The molecule has 0 aliphatic carbocycles. The maximum atomic E-state index is 6.06. The van der Waals surface area contributed by atoms with Crippen molar-refractivity contribution in [2.75, 3.05) is 13.7 Å². The molecule has 0 fully saturated rings. The standard InChI is InChI=1S/C11H16BrNO/c1-11(13,8-14-2)7-9-3-5-10(12)6-4-9/h3-6H,7-8,13H2,1-2H3. The lowest BCUT2D eigenvalue weighted by atomic mass is 9.95. The Morgan fingerprint density at radius 2 is 1.93 bits per heavy atom. The van der Waals surface area contributed by atoms with Crippen molar-refractivity contribution in [3.63, 3.8) is 0 Å². The van der Waals surface area contributed by atoms with Crippen LogP contribution in [0.15, 0.2) is 28.7 Å². The van der Waals surface area contributed by atoms with Crippen molar-refractivity contribution >= 4 is 15.9 Å². The first kappa shape index (κ1) is 11.7. The topological polar surface area (TPSA) is 35.2 Å². The van der Waals surface area contributed by atoms with Crippen LogP contribution in [0.25, 0.3) is 0 Å². The quantitative estimate of drug-likeness (QED) is 0.899. The smallest absolute Gasteiger partial charge is 0.0642 e. The van der Waals surface area contributed by atoms with Gasteiger partial charge in [0.1, 0.15) is 0 Å². The first-order chi connectivity index (χ1) is 6.53. The molecule has 0 spiro atoms. The highest BCUT2D eigenvalue weighted by Gasteiger charge is 2.18. The minimum absolute atomic E-state index is 0.289. The van der Waals surface area contributed by atoms with Crippen molar-refractivity contribution in [3.05, 3.63) is 34.3 Å². The number of benzene rings is 1. The van der Waals surface area contributed by atoms with Crippen molar-refractivity contribution in [2.24, 2.45) is 5.73 Å². The summed E-state index contributed by atoms with van der Waals surface area (Å²) in [5.74, 6) is 0. The predicted molar refractivity (Wildman–Crippen MR) is 62.3 cm³/mol. The lowest BCUT2D eigenvalue weighted by Gasteiger charge is -2.23. The Hall–Kier alpha value is -0.380. The van der Waals surface area contributed by atoms with E-state index in [0.717, 1.165) is 10.9 Å². The van der Waals surface area contributed by atoms with E-state index in [0.29, 0.717) is 6.61 Å². The summed E-state index contributed by atoms with van der Waals surface area (Å²) in [6.07, 6.45) is 0.827. The molecule has 0 aromatic heterocycles. The van der Waals surface area contributed by atoms with Crippen LogP contribution < -0.4 is 5.73 Å². The predicted octanol–water partition coefficient (Wildman–Crippen LogP) is 2.36. The summed E-state index contributed by atoms with van der Waals surface area (Å²) >= 11 is 3.40. The number of methoxy groups -OCH3 is 1. The minimum Gasteiger partial charge on any atom is -0.383 e. The van der Waals surface area contributed by atoms with Crippen molar-refractivity contribution in [3.8, 4) is 0 Å². The molecule has 78 valence electrons. The number of nitrogens with two attached hydrogens (primary N) is 1. The Morgan fingerprint density at radius 3 is 2.43 bits per heavy atom. The van der Waals surface area contributed by atoms with Crippen LogP contribution in [-0.4, -0.2) is 19.3 Å². The second kappa shape index (κ2) is 4.91. The molecule has 0 bridgehead atoms. The van der Waals surface area contributed by atoms with E-state index in [4.69, 9.17) is 10.5 Å². The van der Waals surface area contributed by atoms with Crippen LogP contribution in [0, 0.1) is 0 Å². The lowest BCUT2D eigenvalue weighted by molar-refractivity contribution is 0.141. The summed E-state index contributed by atoms with van der Waals surface area (Å²) in [6, 6.07) is 8.20. The Kier molecular flexibility index (Phi) is 4.11. The van der Waals surface area contributed by atoms with E-state index in [-0.39, 0.29) is 5.54 Å². The minimum atomic E-state index is -0.289. The zero-order valence-electron chi connectivity index (χ0n) is 8.59. The fraction of sp³-hybridized carbons (Fsp3) is 0.455. The van der Waals surface area contributed by atoms with Crippen molar-refractivity contribution in [1.29, 1.82) is 0 Å². The van der Waals surface area contributed by atoms with Gasteiger partial charge >= 0.3 is 0 Å². The highest BCUT2D eigenvalue weighted by atomic mass is 79.9. The van der Waals surface area contributed by atoms with E-state index in [1.165, 1.54) is 5.56 Å². The maximum Gasteiger partial charge on any atom is 0.0642 e. The molecule has 1 atom stereocenters. The van der Waals surface area contributed by atoms with Gasteiger partial charge in [-0.25, -0.2) is 0 Å². The molecule has 1 aromatic carbocycles. The Morgan fingerprint density at radius 1 is 1.36 bits per heavy atom. The fourth-order valence-corrected chi connectivity index (χ4v) is 1.71. The van der Waals surface area contributed by atoms with E-state index in [1.54, 1.807) is 7.11 Å². The second-order valence-corrected chi connectivity index (χ2v) is 4.81. The molecular weight excluding hydrogens is 242 g/mol. The molecule has 0 amide bonds. The van der Waals surface area contributed by atoms with Crippen LogP contribution in [-0.2, 0) is 11.2 Å². The van der Waals surface area contributed by atoms with E-state index in [2.05, 4.69) is 28.1 Å². The third-order valence-electron chi connectivity index (χ3n) is 2.00. The van der Waals surface area contributed by atoms with Gasteiger partial charge in [-0.2, -0.15) is 0 Å². The highest BCUT2D eigenvalue weighted by Crippen LogP contribution is 2.15. The van der Waals surface area contributed by atoms with Crippen molar-refractivity contribution < 1.29 is 4.74 Å². The average Bonchev–Trinajstić information content (AvgIpc) is 2.08. The fourth-order valence-electron chi connectivity index (χ4n) is 1.45. The third kappa shape index (κ3) is 3.78. The molecule has 0 radical (unpaired) electrons. The molecule has 2 N–H and O–H groups in total. The highest BCUT2D eigenvalue weighted by molar-refractivity contribution is 9.10. The summed E-state index contributed by atoms with van der Waals surface area (Å²) in [5.41, 5.74) is 7.00. The molecule has 14 heavy (non-hydrogen) atoms. The number of halogens is 1. The van der Waals surface area contributed by atoms with Gasteiger partial charge in [0.15, 0.2) is 0 Å². The Bertz CT molecular complexity index is 282. The van der Waals surface area contributed by atoms with Gasteiger partial charge in [-0.3, -0.25) is 0 Å². The molecule has 0 heterocycles. The Labute approximate surface area is 93.6 Å². The van der Waals surface area contributed by atoms with Gasteiger partial charge in [-0.15, -0.1) is 0 Å². The third-order valence-corrected chi connectivity index (χ3v) is 2.52. The van der Waals surface area contributed by atoms with Crippen molar-refractivity contribution in [1.82, 2.24) is 0 Å². The largest absolute Gasteiger partial charge is 0.383 e. The molecule has 0 saturated heterocycles. The molecule has 0 aliphatic rings. The van der Waals surface area contributed by atoms with Crippen molar-refractivity contribution in [2.45, 2.75) is 18.9 Å². The number of ether oxygens (including phenoxy) is 1. The summed E-state index contributed by atoms with van der Waals surface area (Å²) < 4.78 is 6.16. The monoisotopic (exact) mass is 257 g/mol. The van der Waals surface area contributed by atoms with Crippen LogP contribution in [0.5, 0.6) is 0 Å². The first-order valence-corrected chi connectivity index (χ1v) is 5.35. The zero-order chi connectivity index (χ0) is 10.6. The van der Waals surface area contributed by atoms with E-state index < -0.39 is 0 Å². The molecular formula is C11H16BrNO. The van der Waals surface area contributed by atoms with Gasteiger partial charge in [-0.1, -0.05) is 28.1 Å². The number of rotatable bonds is 4. The van der Waals surface area contributed by atoms with E-state index in [1.807, 2.05) is 19.1 Å². The van der Waals surface area contributed by atoms with E-state index >= 15 is 0 Å². The Balaban J connectivity index is 2.64. The second-order valence-electron chi connectivity index (χ2n) is 3.89. The van der Waals surface area contributed by atoms with Gasteiger partial charge in [0.25, 0.3) is 0 Å². The van der Waals surface area contributed by atoms with Gasteiger partial charge in [0.2, 0.25) is 0 Å². The summed E-state index contributed by atoms with van der Waals surface area (Å²) in [4.78, 5) is 0. The molecule has 2 nitrogen and oxygen atoms in total. The molecule has 0 saturated carbocycles. The van der Waals surface area contributed by atoms with Crippen LogP contribution in [0.3, 0.4) is 0 Å². The van der Waals surface area contributed by atoms with Crippen LogP contribution in [0.4, 0.5) is 0 Å². The van der Waals surface area contributed by atoms with Crippen LogP contribution in [0.2, 0.25) is 0 Å². The zero-order valence-corrected chi connectivity index (χ0v) is 10.2. The molecule has 1 unspecified atom stereocenters. The van der Waals surface area contributed by atoms with Gasteiger partial charge in [0.05, 0.1) is 6.61 Å². The summed E-state index contributed by atoms with van der Waals surface area (Å²) in [5, 5.41) is 0. The number of hydrogen-bond donors (Lipinski definition) is 1. The first-order valence-electron chi connectivity index (χ1n) is 4.56. The molecule has 3 heteroatoms. The average molecular weight is 258 g/mol. The van der Waals surface area contributed by atoms with E-state index in [9.17, 15) is 0 Å². The molecule has 1 rings (SSSR count). The number of hydrogen-bond acceptors (Lipinski definition) is 2. The van der Waals surface area contributed by atoms with Crippen LogP contribution in [0.1, 0.15) is 12.5 Å². The maximum absolute atomic E-state index is 6.06. The van der Waals surface area contributed by atoms with Crippen LogP contribution >= 0.6 is 15.9 Å². The summed E-state index contributed by atoms with van der Waals surface area (Å²) in [6.45, 7) is 2.57. The normalized spacial score (nSPS) is 15.1. The summed E-state index contributed by atoms with van der Waals surface area (Å²) in [7, 11) is 1.67. The molecule has 0 aliphatic heterocycles. The SMILES string of the molecule is COCC(C)(N)Cc1ccc(Br)cc1. The lowest BCUT2D eigenvalue weighted by Crippen LogP contribution is -2.43. The molecule has 1 aromatic rings. The van der Waals surface area contributed by atoms with Gasteiger partial charge < -0.3 is 10.5 Å². The van der Waals surface area contributed by atoms with Gasteiger partial charge in [0, 0.05) is 17.1 Å². The van der Waals surface area contributed by atoms with Gasteiger partial charge in [-0.05, 0) is 31.0 Å².